The van der Waals surface area contributed by atoms with Crippen LogP contribution in [0.4, 0.5) is 0 Å². The Balaban J connectivity index is 3.06. The van der Waals surface area contributed by atoms with Crippen LogP contribution in [-0.2, 0) is 7.05 Å². The van der Waals surface area contributed by atoms with Crippen LogP contribution in [0.25, 0.3) is 10.9 Å². The molecule has 0 saturated carbocycles. The third-order valence-electron chi connectivity index (χ3n) is 2.32. The molecule has 78 valence electrons. The Morgan fingerprint density at radius 2 is 2.00 bits per heavy atom. The number of rotatable bonds is 0. The molecule has 0 saturated heterocycles. The average molecular weight is 332 g/mol. The first-order valence-electron chi connectivity index (χ1n) is 4.33. The molecule has 15 heavy (non-hydrogen) atoms. The second-order valence-corrected chi connectivity index (χ2v) is 5.07. The quantitative estimate of drug-likeness (QED) is 0.744. The highest BCUT2D eigenvalue weighted by atomic mass is 79.9. The van der Waals surface area contributed by atoms with Gasteiger partial charge in [0.25, 0.3) is 5.56 Å². The van der Waals surface area contributed by atoms with Crippen molar-refractivity contribution in [3.05, 3.63) is 37.3 Å². The Kier molecular flexibility index (Phi) is 2.68. The summed E-state index contributed by atoms with van der Waals surface area (Å²) in [6.45, 7) is 1.82. The largest absolute Gasteiger partial charge is 0.299 e. The molecule has 0 aliphatic rings. The van der Waals surface area contributed by atoms with Gasteiger partial charge in [-0.2, -0.15) is 0 Å². The van der Waals surface area contributed by atoms with Crippen LogP contribution in [0.1, 0.15) is 5.82 Å². The van der Waals surface area contributed by atoms with Crippen molar-refractivity contribution in [1.82, 2.24) is 9.55 Å². The number of aryl methyl sites for hydroxylation is 1. The Morgan fingerprint density at radius 3 is 2.67 bits per heavy atom. The zero-order valence-electron chi connectivity index (χ0n) is 8.21. The average Bonchev–Trinajstić information content (AvgIpc) is 2.13. The number of hydrogen-bond donors (Lipinski definition) is 0. The summed E-state index contributed by atoms with van der Waals surface area (Å²) in [7, 11) is 1.72. The second-order valence-electron chi connectivity index (χ2n) is 3.30. The van der Waals surface area contributed by atoms with Gasteiger partial charge in [-0.1, -0.05) is 15.9 Å². The van der Waals surface area contributed by atoms with Gasteiger partial charge in [-0.15, -0.1) is 0 Å². The lowest BCUT2D eigenvalue weighted by atomic mass is 10.2. The molecule has 0 atom stereocenters. The first kappa shape index (κ1) is 10.8. The van der Waals surface area contributed by atoms with Crippen molar-refractivity contribution in [2.75, 3.05) is 0 Å². The van der Waals surface area contributed by atoms with Gasteiger partial charge >= 0.3 is 0 Å². The molecular formula is C10H8Br2N2O. The number of aromatic nitrogens is 2. The molecule has 2 rings (SSSR count). The van der Waals surface area contributed by atoms with Crippen molar-refractivity contribution in [1.29, 1.82) is 0 Å². The van der Waals surface area contributed by atoms with Crippen LogP contribution < -0.4 is 5.56 Å². The Labute approximate surface area is 103 Å². The minimum Gasteiger partial charge on any atom is -0.299 e. The summed E-state index contributed by atoms with van der Waals surface area (Å²) in [5.74, 6) is 0.706. The van der Waals surface area contributed by atoms with Crippen molar-refractivity contribution in [2.24, 2.45) is 7.05 Å². The van der Waals surface area contributed by atoms with E-state index < -0.39 is 0 Å². The fraction of sp³-hybridized carbons (Fsp3) is 0.200. The molecule has 1 aromatic heterocycles. The zero-order chi connectivity index (χ0) is 11.2. The van der Waals surface area contributed by atoms with Crippen molar-refractivity contribution in [3.63, 3.8) is 0 Å². The lowest BCUT2D eigenvalue weighted by molar-refractivity contribution is 0.792. The molecule has 3 nitrogen and oxygen atoms in total. The van der Waals surface area contributed by atoms with Crippen LogP contribution in [0.3, 0.4) is 0 Å². The molecule has 0 unspecified atom stereocenters. The molecule has 0 bridgehead atoms. The van der Waals surface area contributed by atoms with Gasteiger partial charge in [0.05, 0.1) is 10.9 Å². The van der Waals surface area contributed by atoms with Crippen LogP contribution in [0.5, 0.6) is 0 Å². The van der Waals surface area contributed by atoms with Gasteiger partial charge in [0.1, 0.15) is 5.82 Å². The van der Waals surface area contributed by atoms with E-state index in [0.29, 0.717) is 16.7 Å². The number of nitrogens with zero attached hydrogens (tertiary/aromatic N) is 2. The van der Waals surface area contributed by atoms with E-state index in [0.717, 1.165) is 8.95 Å². The maximum Gasteiger partial charge on any atom is 0.262 e. The van der Waals surface area contributed by atoms with Gasteiger partial charge in [-0.25, -0.2) is 4.98 Å². The highest BCUT2D eigenvalue weighted by Gasteiger charge is 2.09. The van der Waals surface area contributed by atoms with E-state index in [4.69, 9.17) is 0 Å². The molecular weight excluding hydrogens is 324 g/mol. The summed E-state index contributed by atoms with van der Waals surface area (Å²) in [4.78, 5) is 16.3. The topological polar surface area (TPSA) is 34.9 Å². The Morgan fingerprint density at radius 1 is 1.33 bits per heavy atom. The molecule has 1 aromatic carbocycles. The number of fused-ring (bicyclic) bond motifs is 1. The van der Waals surface area contributed by atoms with E-state index in [1.807, 2.05) is 19.1 Å². The van der Waals surface area contributed by atoms with Crippen LogP contribution in [0.15, 0.2) is 25.9 Å². The maximum absolute atomic E-state index is 12.0. The molecule has 1 heterocycles. The number of halogens is 2. The third-order valence-corrected chi connectivity index (χ3v) is 3.40. The van der Waals surface area contributed by atoms with Crippen LogP contribution in [0.2, 0.25) is 0 Å². The highest BCUT2D eigenvalue weighted by Crippen LogP contribution is 2.24. The molecule has 0 radical (unpaired) electrons. The van der Waals surface area contributed by atoms with Gasteiger partial charge in [0.2, 0.25) is 0 Å². The first-order chi connectivity index (χ1) is 7.00. The molecule has 0 aliphatic carbocycles. The molecule has 0 spiro atoms. The van der Waals surface area contributed by atoms with Crippen molar-refractivity contribution in [2.45, 2.75) is 6.92 Å². The fourth-order valence-electron chi connectivity index (χ4n) is 1.42. The van der Waals surface area contributed by atoms with E-state index in [9.17, 15) is 4.79 Å². The third kappa shape index (κ3) is 1.74. The summed E-state index contributed by atoms with van der Waals surface area (Å²) in [6.07, 6.45) is 0. The minimum absolute atomic E-state index is 0.0307. The van der Waals surface area contributed by atoms with Crippen LogP contribution in [-0.4, -0.2) is 9.55 Å². The van der Waals surface area contributed by atoms with Gasteiger partial charge in [-0.05, 0) is 35.0 Å². The van der Waals surface area contributed by atoms with Gasteiger partial charge in [0.15, 0.2) is 0 Å². The predicted molar refractivity (Wildman–Crippen MR) is 67.1 cm³/mol. The minimum atomic E-state index is -0.0307. The first-order valence-corrected chi connectivity index (χ1v) is 5.91. The molecule has 0 fully saturated rings. The van der Waals surface area contributed by atoms with Gasteiger partial charge < -0.3 is 0 Å². The molecule has 0 N–H and O–H groups in total. The monoisotopic (exact) mass is 330 g/mol. The summed E-state index contributed by atoms with van der Waals surface area (Å²) in [5.41, 5.74) is 0.675. The van der Waals surface area contributed by atoms with Crippen LogP contribution in [0, 0.1) is 6.92 Å². The zero-order valence-corrected chi connectivity index (χ0v) is 11.4. The predicted octanol–water partition coefficient (Wildman–Crippen LogP) is 2.77. The van der Waals surface area contributed by atoms with E-state index in [1.165, 1.54) is 0 Å². The van der Waals surface area contributed by atoms with E-state index >= 15 is 0 Å². The number of benzene rings is 1. The molecule has 0 aliphatic heterocycles. The van der Waals surface area contributed by atoms with Crippen molar-refractivity contribution >= 4 is 42.8 Å². The second kappa shape index (κ2) is 3.72. The van der Waals surface area contributed by atoms with Gasteiger partial charge in [0, 0.05) is 16.0 Å². The maximum atomic E-state index is 12.0. The van der Waals surface area contributed by atoms with E-state index in [2.05, 4.69) is 36.8 Å². The van der Waals surface area contributed by atoms with E-state index in [-0.39, 0.29) is 5.56 Å². The lowest BCUT2D eigenvalue weighted by Gasteiger charge is -2.06. The van der Waals surface area contributed by atoms with Gasteiger partial charge in [-0.3, -0.25) is 9.36 Å². The standard InChI is InChI=1S/C10H8Br2N2O/c1-5-13-8-4-6(11)3-7(12)9(8)10(15)14(5)2/h3-4H,1-2H3. The van der Waals surface area contributed by atoms with Crippen molar-refractivity contribution in [3.8, 4) is 0 Å². The lowest BCUT2D eigenvalue weighted by Crippen LogP contribution is -2.20. The summed E-state index contributed by atoms with van der Waals surface area (Å²) >= 11 is 6.75. The highest BCUT2D eigenvalue weighted by molar-refractivity contribution is 9.11. The molecule has 5 heteroatoms. The fourth-order valence-corrected chi connectivity index (χ4v) is 2.80. The molecule has 0 amide bonds. The number of hydrogen-bond acceptors (Lipinski definition) is 2. The van der Waals surface area contributed by atoms with Crippen molar-refractivity contribution < 1.29 is 0 Å². The van der Waals surface area contributed by atoms with E-state index in [1.54, 1.807) is 11.6 Å². The Bertz CT molecular complexity index is 604. The summed E-state index contributed by atoms with van der Waals surface area (Å²) < 4.78 is 3.21. The van der Waals surface area contributed by atoms with Crippen LogP contribution >= 0.6 is 31.9 Å². The summed E-state index contributed by atoms with van der Waals surface area (Å²) in [6, 6.07) is 3.69. The summed E-state index contributed by atoms with van der Waals surface area (Å²) in [5, 5.41) is 0.617. The smallest absolute Gasteiger partial charge is 0.262 e. The SMILES string of the molecule is Cc1nc2cc(Br)cc(Br)c2c(=O)n1C. The molecule has 2 aromatic rings. The normalized spacial score (nSPS) is 10.9. The Hall–Kier alpha value is -0.680.